The van der Waals surface area contributed by atoms with Crippen molar-refractivity contribution in [1.29, 1.82) is 0 Å². The topological polar surface area (TPSA) is 35.5 Å². The minimum Gasteiger partial charge on any atom is -0.496 e. The van der Waals surface area contributed by atoms with Crippen LogP contribution in [0.15, 0.2) is 24.3 Å². The zero-order valence-corrected chi connectivity index (χ0v) is 8.45. The number of carbonyl (C=O) groups is 1. The average Bonchev–Trinajstić information content (AvgIpc) is 2.26. The Morgan fingerprint density at radius 2 is 2.00 bits per heavy atom. The molecule has 0 saturated heterocycles. The van der Waals surface area contributed by atoms with Gasteiger partial charge >= 0.3 is 5.97 Å². The summed E-state index contributed by atoms with van der Waals surface area (Å²) in [5, 5.41) is 0. The quantitative estimate of drug-likeness (QED) is 0.685. The Morgan fingerprint density at radius 3 is 2.64 bits per heavy atom. The molecule has 0 heterocycles. The van der Waals surface area contributed by atoms with Crippen LogP contribution < -0.4 is 4.74 Å². The normalized spacial score (nSPS) is 9.57. The molecular weight excluding hydrogens is 180 g/mol. The van der Waals surface area contributed by atoms with Gasteiger partial charge in [0.15, 0.2) is 0 Å². The molecule has 0 amide bonds. The molecular formula is C11H14O3. The summed E-state index contributed by atoms with van der Waals surface area (Å²) in [4.78, 5) is 10.9. The highest BCUT2D eigenvalue weighted by Crippen LogP contribution is 2.18. The smallest absolute Gasteiger partial charge is 0.305 e. The maximum absolute atomic E-state index is 10.9. The molecule has 76 valence electrons. The zero-order chi connectivity index (χ0) is 10.4. The van der Waals surface area contributed by atoms with Gasteiger partial charge in [-0.05, 0) is 18.1 Å². The summed E-state index contributed by atoms with van der Waals surface area (Å²) in [6.45, 7) is 0. The molecule has 0 atom stereocenters. The molecule has 0 bridgehead atoms. The molecule has 0 N–H and O–H groups in total. The zero-order valence-electron chi connectivity index (χ0n) is 8.45. The van der Waals surface area contributed by atoms with Crippen LogP contribution in [0.5, 0.6) is 5.75 Å². The predicted molar refractivity (Wildman–Crippen MR) is 53.3 cm³/mol. The Morgan fingerprint density at radius 1 is 1.29 bits per heavy atom. The monoisotopic (exact) mass is 194 g/mol. The fraction of sp³-hybridized carbons (Fsp3) is 0.364. The third kappa shape index (κ3) is 2.76. The van der Waals surface area contributed by atoms with E-state index in [1.165, 1.54) is 7.11 Å². The third-order valence-corrected chi connectivity index (χ3v) is 2.02. The van der Waals surface area contributed by atoms with Crippen molar-refractivity contribution in [2.45, 2.75) is 12.8 Å². The summed E-state index contributed by atoms with van der Waals surface area (Å²) in [5.74, 6) is 0.618. The van der Waals surface area contributed by atoms with Crippen molar-refractivity contribution in [2.24, 2.45) is 0 Å². The van der Waals surface area contributed by atoms with E-state index in [1.54, 1.807) is 7.11 Å². The van der Waals surface area contributed by atoms with Gasteiger partial charge in [-0.1, -0.05) is 18.2 Å². The lowest BCUT2D eigenvalue weighted by molar-refractivity contribution is -0.140. The fourth-order valence-electron chi connectivity index (χ4n) is 1.25. The third-order valence-electron chi connectivity index (χ3n) is 2.02. The van der Waals surface area contributed by atoms with Gasteiger partial charge in [-0.2, -0.15) is 0 Å². The summed E-state index contributed by atoms with van der Waals surface area (Å²) < 4.78 is 9.72. The van der Waals surface area contributed by atoms with Crippen LogP contribution in [0.4, 0.5) is 0 Å². The summed E-state index contributed by atoms with van der Waals surface area (Å²) in [5.41, 5.74) is 1.03. The van der Waals surface area contributed by atoms with Crippen molar-refractivity contribution >= 4 is 5.97 Å². The number of rotatable bonds is 4. The van der Waals surface area contributed by atoms with Crippen molar-refractivity contribution in [3.8, 4) is 5.75 Å². The number of hydrogen-bond donors (Lipinski definition) is 0. The van der Waals surface area contributed by atoms with Crippen LogP contribution in [0.25, 0.3) is 0 Å². The molecule has 1 aromatic carbocycles. The van der Waals surface area contributed by atoms with Crippen molar-refractivity contribution < 1.29 is 14.3 Å². The molecule has 3 heteroatoms. The van der Waals surface area contributed by atoms with E-state index in [-0.39, 0.29) is 5.97 Å². The van der Waals surface area contributed by atoms with E-state index in [9.17, 15) is 4.79 Å². The lowest BCUT2D eigenvalue weighted by atomic mass is 10.1. The molecule has 3 nitrogen and oxygen atoms in total. The molecule has 0 fully saturated rings. The first-order valence-corrected chi connectivity index (χ1v) is 4.46. The molecule has 0 aliphatic rings. The number of benzene rings is 1. The van der Waals surface area contributed by atoms with E-state index in [4.69, 9.17) is 4.74 Å². The number of esters is 1. The van der Waals surface area contributed by atoms with Gasteiger partial charge < -0.3 is 9.47 Å². The number of hydrogen-bond acceptors (Lipinski definition) is 3. The Labute approximate surface area is 83.6 Å². The lowest BCUT2D eigenvalue weighted by Crippen LogP contribution is -2.02. The lowest BCUT2D eigenvalue weighted by Gasteiger charge is -2.06. The Kier molecular flexibility index (Phi) is 3.98. The second-order valence-corrected chi connectivity index (χ2v) is 2.89. The number of ether oxygens (including phenoxy) is 2. The summed E-state index contributed by atoms with van der Waals surface area (Å²) >= 11 is 0. The molecule has 0 spiro atoms. The first kappa shape index (κ1) is 10.6. The molecule has 0 radical (unpaired) electrons. The summed E-state index contributed by atoms with van der Waals surface area (Å²) in [7, 11) is 3.02. The largest absolute Gasteiger partial charge is 0.496 e. The Hall–Kier alpha value is -1.51. The molecule has 0 unspecified atom stereocenters. The minimum absolute atomic E-state index is 0.198. The molecule has 0 saturated carbocycles. The van der Waals surface area contributed by atoms with E-state index in [0.717, 1.165) is 11.3 Å². The SMILES string of the molecule is COC(=O)CCc1ccccc1OC. The number of aryl methyl sites for hydroxylation is 1. The summed E-state index contributed by atoms with van der Waals surface area (Å²) in [6, 6.07) is 7.66. The van der Waals surface area contributed by atoms with Crippen molar-refractivity contribution in [3.05, 3.63) is 29.8 Å². The van der Waals surface area contributed by atoms with E-state index in [1.807, 2.05) is 24.3 Å². The van der Waals surface area contributed by atoms with E-state index >= 15 is 0 Å². The Balaban J connectivity index is 2.61. The first-order chi connectivity index (χ1) is 6.77. The molecule has 0 aromatic heterocycles. The molecule has 0 aliphatic carbocycles. The van der Waals surface area contributed by atoms with Crippen molar-refractivity contribution in [2.75, 3.05) is 14.2 Å². The summed E-state index contributed by atoms with van der Waals surface area (Å²) in [6.07, 6.45) is 1.04. The Bertz CT molecular complexity index is 307. The highest BCUT2D eigenvalue weighted by molar-refractivity contribution is 5.69. The van der Waals surface area contributed by atoms with Crippen LogP contribution in [0.1, 0.15) is 12.0 Å². The second kappa shape index (κ2) is 5.27. The van der Waals surface area contributed by atoms with Crippen molar-refractivity contribution in [1.82, 2.24) is 0 Å². The van der Waals surface area contributed by atoms with Gasteiger partial charge in [-0.25, -0.2) is 0 Å². The van der Waals surface area contributed by atoms with Crippen molar-refractivity contribution in [3.63, 3.8) is 0 Å². The van der Waals surface area contributed by atoms with Gasteiger partial charge in [0.1, 0.15) is 5.75 Å². The maximum Gasteiger partial charge on any atom is 0.305 e. The van der Waals surface area contributed by atoms with Gasteiger partial charge in [0.2, 0.25) is 0 Å². The molecule has 1 rings (SSSR count). The van der Waals surface area contributed by atoms with E-state index < -0.39 is 0 Å². The maximum atomic E-state index is 10.9. The van der Waals surface area contributed by atoms with Gasteiger partial charge in [-0.3, -0.25) is 4.79 Å². The van der Waals surface area contributed by atoms with Gasteiger partial charge in [0.05, 0.1) is 14.2 Å². The van der Waals surface area contributed by atoms with Crippen LogP contribution in [0.3, 0.4) is 0 Å². The van der Waals surface area contributed by atoms with Crippen LogP contribution >= 0.6 is 0 Å². The van der Waals surface area contributed by atoms with E-state index in [2.05, 4.69) is 4.74 Å². The highest BCUT2D eigenvalue weighted by atomic mass is 16.5. The van der Waals surface area contributed by atoms with Crippen LogP contribution in [0, 0.1) is 0 Å². The van der Waals surface area contributed by atoms with Gasteiger partial charge in [0.25, 0.3) is 0 Å². The number of para-hydroxylation sites is 1. The molecule has 0 aliphatic heterocycles. The standard InChI is InChI=1S/C11H14O3/c1-13-10-6-4-3-5-9(10)7-8-11(12)14-2/h3-6H,7-8H2,1-2H3. The minimum atomic E-state index is -0.198. The first-order valence-electron chi connectivity index (χ1n) is 4.46. The van der Waals surface area contributed by atoms with Crippen LogP contribution in [-0.4, -0.2) is 20.2 Å². The molecule has 1 aromatic rings. The fourth-order valence-corrected chi connectivity index (χ4v) is 1.25. The van der Waals surface area contributed by atoms with Crippen LogP contribution in [-0.2, 0) is 16.0 Å². The van der Waals surface area contributed by atoms with Crippen LogP contribution in [0.2, 0.25) is 0 Å². The van der Waals surface area contributed by atoms with Gasteiger partial charge in [0, 0.05) is 6.42 Å². The molecule has 14 heavy (non-hydrogen) atoms. The van der Waals surface area contributed by atoms with Gasteiger partial charge in [-0.15, -0.1) is 0 Å². The second-order valence-electron chi connectivity index (χ2n) is 2.89. The average molecular weight is 194 g/mol. The number of carbonyl (C=O) groups excluding carboxylic acids is 1. The number of methoxy groups -OCH3 is 2. The predicted octanol–water partition coefficient (Wildman–Crippen LogP) is 1.80. The highest BCUT2D eigenvalue weighted by Gasteiger charge is 2.05. The van der Waals surface area contributed by atoms with E-state index in [0.29, 0.717) is 12.8 Å².